The third-order valence-corrected chi connectivity index (χ3v) is 7.20. The van der Waals surface area contributed by atoms with Crippen LogP contribution in [0.2, 0.25) is 5.02 Å². The standard InChI is InChI=1S/C29H29BrClN7O3/c1-19-8-9-22(16-24(19)31)33-27-34-28(36-29(35-27)38-10-12-40-13-11-38)37-32-17-21-14-23(30)26(25(15-21)39-2)41-18-20-6-4-3-5-7-20/h3-9,14-17H,10-13,18H2,1-2H3,(H2,33,34,35,36,37)/b32-17-. The molecule has 0 radical (unpaired) electrons. The van der Waals surface area contributed by atoms with Crippen molar-refractivity contribution in [2.24, 2.45) is 5.10 Å². The number of hydrogen-bond acceptors (Lipinski definition) is 10. The lowest BCUT2D eigenvalue weighted by Crippen LogP contribution is -2.37. The molecule has 5 rings (SSSR count). The van der Waals surface area contributed by atoms with Crippen molar-refractivity contribution in [3.8, 4) is 11.5 Å². The van der Waals surface area contributed by atoms with Gasteiger partial charge in [-0.15, -0.1) is 0 Å². The first-order chi connectivity index (χ1) is 20.0. The smallest absolute Gasteiger partial charge is 0.250 e. The van der Waals surface area contributed by atoms with E-state index in [1.165, 1.54) is 0 Å². The second-order valence-corrected chi connectivity index (χ2v) is 10.4. The lowest BCUT2D eigenvalue weighted by Gasteiger charge is -2.27. The molecule has 0 unspecified atom stereocenters. The van der Waals surface area contributed by atoms with Crippen LogP contribution in [0.1, 0.15) is 16.7 Å². The Morgan fingerprint density at radius 3 is 2.59 bits per heavy atom. The molecule has 1 saturated heterocycles. The molecule has 0 bridgehead atoms. The maximum atomic E-state index is 6.31. The van der Waals surface area contributed by atoms with Gasteiger partial charge < -0.3 is 24.4 Å². The van der Waals surface area contributed by atoms with E-state index in [1.54, 1.807) is 13.3 Å². The molecule has 1 aromatic heterocycles. The molecule has 2 N–H and O–H groups in total. The minimum atomic E-state index is 0.285. The number of rotatable bonds is 10. The average Bonchev–Trinajstić information content (AvgIpc) is 2.99. The number of nitrogens with one attached hydrogen (secondary N) is 2. The number of morpholine rings is 1. The second-order valence-electron chi connectivity index (χ2n) is 9.15. The summed E-state index contributed by atoms with van der Waals surface area (Å²) in [7, 11) is 1.60. The topological polar surface area (TPSA) is 106 Å². The van der Waals surface area contributed by atoms with Gasteiger partial charge >= 0.3 is 0 Å². The van der Waals surface area contributed by atoms with Crippen LogP contribution in [0.25, 0.3) is 0 Å². The van der Waals surface area contributed by atoms with Gasteiger partial charge in [0.1, 0.15) is 6.61 Å². The van der Waals surface area contributed by atoms with Crippen molar-refractivity contribution in [1.82, 2.24) is 15.0 Å². The van der Waals surface area contributed by atoms with Gasteiger partial charge in [-0.3, -0.25) is 0 Å². The predicted molar refractivity (Wildman–Crippen MR) is 165 cm³/mol. The number of benzene rings is 3. The van der Waals surface area contributed by atoms with E-state index in [2.05, 4.69) is 46.7 Å². The highest BCUT2D eigenvalue weighted by atomic mass is 79.9. The summed E-state index contributed by atoms with van der Waals surface area (Å²) in [5, 5.41) is 8.25. The summed E-state index contributed by atoms with van der Waals surface area (Å²) in [6, 6.07) is 19.4. The molecule has 0 atom stereocenters. The number of nitrogens with zero attached hydrogens (tertiary/aromatic N) is 5. The molecule has 10 nitrogen and oxygen atoms in total. The Morgan fingerprint density at radius 2 is 1.83 bits per heavy atom. The van der Waals surface area contributed by atoms with Crippen LogP contribution in [-0.4, -0.2) is 54.6 Å². The number of ether oxygens (including phenoxy) is 3. The SMILES string of the molecule is COc1cc(/C=N\Nc2nc(Nc3ccc(C)c(Cl)c3)nc(N3CCOCC3)n2)cc(Br)c1OCc1ccccc1. The minimum absolute atomic E-state index is 0.285. The lowest BCUT2D eigenvalue weighted by molar-refractivity contribution is 0.122. The maximum absolute atomic E-state index is 6.31. The van der Waals surface area contributed by atoms with Crippen LogP contribution < -0.4 is 25.1 Å². The number of aryl methyl sites for hydroxylation is 1. The van der Waals surface area contributed by atoms with Crippen LogP contribution in [0.4, 0.5) is 23.5 Å². The van der Waals surface area contributed by atoms with E-state index in [0.29, 0.717) is 61.3 Å². The number of methoxy groups -OCH3 is 1. The van der Waals surface area contributed by atoms with Crippen LogP contribution in [0.15, 0.2) is 70.2 Å². The Hall–Kier alpha value is -3.93. The van der Waals surface area contributed by atoms with Gasteiger partial charge in [0, 0.05) is 23.8 Å². The highest BCUT2D eigenvalue weighted by Gasteiger charge is 2.17. The molecule has 0 spiro atoms. The van der Waals surface area contributed by atoms with E-state index in [1.807, 2.05) is 72.5 Å². The molecule has 2 heterocycles. The fourth-order valence-corrected chi connectivity index (χ4v) is 4.78. The first kappa shape index (κ1) is 28.6. The number of aromatic nitrogens is 3. The third kappa shape index (κ3) is 7.63. The van der Waals surface area contributed by atoms with Crippen LogP contribution in [0, 0.1) is 6.92 Å². The fraction of sp³-hybridized carbons (Fsp3) is 0.241. The van der Waals surface area contributed by atoms with E-state index >= 15 is 0 Å². The Kier molecular flexibility index (Phi) is 9.50. The second kappa shape index (κ2) is 13.6. The van der Waals surface area contributed by atoms with E-state index < -0.39 is 0 Å². The predicted octanol–water partition coefficient (Wildman–Crippen LogP) is 6.21. The highest BCUT2D eigenvalue weighted by Crippen LogP contribution is 2.37. The van der Waals surface area contributed by atoms with Crippen LogP contribution in [-0.2, 0) is 11.3 Å². The molecule has 0 aliphatic carbocycles. The van der Waals surface area contributed by atoms with Crippen LogP contribution >= 0.6 is 27.5 Å². The summed E-state index contributed by atoms with van der Waals surface area (Å²) in [6.45, 7) is 4.92. The molecule has 0 amide bonds. The van der Waals surface area contributed by atoms with Crippen molar-refractivity contribution in [1.29, 1.82) is 0 Å². The molecule has 1 aliphatic heterocycles. The molecule has 0 saturated carbocycles. The van der Waals surface area contributed by atoms with Gasteiger partial charge in [-0.25, -0.2) is 5.43 Å². The Morgan fingerprint density at radius 1 is 1.05 bits per heavy atom. The van der Waals surface area contributed by atoms with Crippen molar-refractivity contribution in [2.75, 3.05) is 49.1 Å². The first-order valence-electron chi connectivity index (χ1n) is 12.9. The summed E-state index contributed by atoms with van der Waals surface area (Å²) < 4.78 is 17.8. The number of anilines is 4. The molecule has 4 aromatic rings. The zero-order valence-corrected chi connectivity index (χ0v) is 24.9. The maximum Gasteiger partial charge on any atom is 0.250 e. The first-order valence-corrected chi connectivity index (χ1v) is 14.1. The zero-order chi connectivity index (χ0) is 28.6. The van der Waals surface area contributed by atoms with Gasteiger partial charge in [0.25, 0.3) is 0 Å². The Bertz CT molecular complexity index is 1520. The molecular weight excluding hydrogens is 610 g/mol. The fourth-order valence-electron chi connectivity index (χ4n) is 4.02. The van der Waals surface area contributed by atoms with Crippen molar-refractivity contribution in [3.05, 3.63) is 86.8 Å². The molecule has 1 fully saturated rings. The monoisotopic (exact) mass is 637 g/mol. The number of hydrazone groups is 1. The quantitative estimate of drug-likeness (QED) is 0.155. The van der Waals surface area contributed by atoms with Gasteiger partial charge in [0.05, 0.1) is 31.0 Å². The molecular formula is C29H29BrClN7O3. The van der Waals surface area contributed by atoms with Gasteiger partial charge in [-0.2, -0.15) is 20.1 Å². The normalized spacial score (nSPS) is 13.3. The molecule has 1 aliphatic rings. The van der Waals surface area contributed by atoms with Crippen LogP contribution in [0.5, 0.6) is 11.5 Å². The van der Waals surface area contributed by atoms with Crippen molar-refractivity contribution < 1.29 is 14.2 Å². The third-order valence-electron chi connectivity index (χ3n) is 6.20. The largest absolute Gasteiger partial charge is 0.493 e. The molecule has 212 valence electrons. The lowest BCUT2D eigenvalue weighted by atomic mass is 10.2. The van der Waals surface area contributed by atoms with E-state index in [9.17, 15) is 0 Å². The van der Waals surface area contributed by atoms with Crippen molar-refractivity contribution in [3.63, 3.8) is 0 Å². The van der Waals surface area contributed by atoms with Gasteiger partial charge in [0.2, 0.25) is 17.8 Å². The van der Waals surface area contributed by atoms with Crippen molar-refractivity contribution in [2.45, 2.75) is 13.5 Å². The number of hydrogen-bond donors (Lipinski definition) is 2. The van der Waals surface area contributed by atoms with Gasteiger partial charge in [-0.05, 0) is 63.8 Å². The van der Waals surface area contributed by atoms with E-state index in [0.717, 1.165) is 26.9 Å². The van der Waals surface area contributed by atoms with Crippen LogP contribution in [0.3, 0.4) is 0 Å². The Labute approximate surface area is 251 Å². The summed E-state index contributed by atoms with van der Waals surface area (Å²) in [5.41, 5.74) is 6.52. The Balaban J connectivity index is 1.34. The van der Waals surface area contributed by atoms with Gasteiger partial charge in [-0.1, -0.05) is 48.0 Å². The zero-order valence-electron chi connectivity index (χ0n) is 22.6. The highest BCUT2D eigenvalue weighted by molar-refractivity contribution is 9.10. The number of halogens is 2. The van der Waals surface area contributed by atoms with E-state index in [-0.39, 0.29) is 5.95 Å². The summed E-state index contributed by atoms with van der Waals surface area (Å²) >= 11 is 9.91. The molecule has 41 heavy (non-hydrogen) atoms. The molecule has 12 heteroatoms. The summed E-state index contributed by atoms with van der Waals surface area (Å²) in [6.07, 6.45) is 1.65. The van der Waals surface area contributed by atoms with E-state index in [4.69, 9.17) is 25.8 Å². The summed E-state index contributed by atoms with van der Waals surface area (Å²) in [4.78, 5) is 15.8. The summed E-state index contributed by atoms with van der Waals surface area (Å²) in [5.74, 6) is 2.36. The average molecular weight is 639 g/mol. The minimum Gasteiger partial charge on any atom is -0.493 e. The molecule has 3 aromatic carbocycles. The van der Waals surface area contributed by atoms with Crippen molar-refractivity contribution >= 4 is 57.3 Å². The van der Waals surface area contributed by atoms with Gasteiger partial charge in [0.15, 0.2) is 11.5 Å².